The summed E-state index contributed by atoms with van der Waals surface area (Å²) in [4.78, 5) is 8.84. The van der Waals surface area contributed by atoms with Gasteiger partial charge in [-0.05, 0) is 19.8 Å². The van der Waals surface area contributed by atoms with Crippen LogP contribution in [0.2, 0.25) is 0 Å². The Kier molecular flexibility index (Phi) is 17.6. The molecule has 0 fully saturated rings. The number of hydrogen-bond acceptors (Lipinski definition) is 6. The SMILES string of the molecule is CCNC(=NCCCSc1nccs1)NCCCOCCOC.I. The maximum Gasteiger partial charge on any atom is 0.191 e. The Balaban J connectivity index is 0.00000529. The number of aromatic nitrogens is 1. The number of nitrogens with one attached hydrogen (secondary N) is 2. The van der Waals surface area contributed by atoms with E-state index >= 15 is 0 Å². The van der Waals surface area contributed by atoms with E-state index in [2.05, 4.69) is 27.5 Å². The number of thiazole rings is 1. The fourth-order valence-electron chi connectivity index (χ4n) is 1.66. The van der Waals surface area contributed by atoms with Gasteiger partial charge < -0.3 is 20.1 Å². The highest BCUT2D eigenvalue weighted by molar-refractivity contribution is 14.0. The van der Waals surface area contributed by atoms with Gasteiger partial charge in [0.2, 0.25) is 0 Å². The summed E-state index contributed by atoms with van der Waals surface area (Å²) in [5, 5.41) is 8.59. The molecule has 0 aliphatic heterocycles. The summed E-state index contributed by atoms with van der Waals surface area (Å²) in [5.41, 5.74) is 0. The van der Waals surface area contributed by atoms with E-state index in [0.717, 1.165) is 55.1 Å². The minimum atomic E-state index is 0. The average molecular weight is 488 g/mol. The van der Waals surface area contributed by atoms with Gasteiger partial charge in [0, 0.05) is 50.7 Å². The number of nitrogens with zero attached hydrogens (tertiary/aromatic N) is 2. The van der Waals surface area contributed by atoms with Crippen LogP contribution >= 0.6 is 47.1 Å². The monoisotopic (exact) mass is 488 g/mol. The van der Waals surface area contributed by atoms with Crippen LogP contribution in [0.4, 0.5) is 0 Å². The van der Waals surface area contributed by atoms with Gasteiger partial charge in [-0.15, -0.1) is 35.3 Å². The second-order valence-corrected chi connectivity index (χ2v) is 6.88. The Labute approximate surface area is 170 Å². The lowest BCUT2D eigenvalue weighted by atomic mass is 10.4. The summed E-state index contributed by atoms with van der Waals surface area (Å²) in [5.74, 6) is 1.92. The van der Waals surface area contributed by atoms with Crippen molar-refractivity contribution in [1.82, 2.24) is 15.6 Å². The third-order valence-corrected chi connectivity index (χ3v) is 4.79. The first kappa shape index (κ1) is 23.9. The number of ether oxygens (including phenoxy) is 2. The maximum atomic E-state index is 5.43. The zero-order valence-electron chi connectivity index (χ0n) is 14.5. The van der Waals surface area contributed by atoms with Gasteiger partial charge in [0.15, 0.2) is 5.96 Å². The number of guanidine groups is 1. The van der Waals surface area contributed by atoms with E-state index in [-0.39, 0.29) is 24.0 Å². The maximum absolute atomic E-state index is 5.43. The lowest BCUT2D eigenvalue weighted by Gasteiger charge is -2.11. The average Bonchev–Trinajstić information content (AvgIpc) is 3.07. The lowest BCUT2D eigenvalue weighted by Crippen LogP contribution is -2.38. The number of hydrogen-bond donors (Lipinski definition) is 2. The highest BCUT2D eigenvalue weighted by atomic mass is 127. The highest BCUT2D eigenvalue weighted by Crippen LogP contribution is 2.20. The van der Waals surface area contributed by atoms with Crippen molar-refractivity contribution in [3.8, 4) is 0 Å². The van der Waals surface area contributed by atoms with Crippen LogP contribution in [0.3, 0.4) is 0 Å². The molecule has 0 saturated carbocycles. The van der Waals surface area contributed by atoms with Crippen LogP contribution in [-0.2, 0) is 9.47 Å². The quantitative estimate of drug-likeness (QED) is 0.146. The van der Waals surface area contributed by atoms with E-state index in [1.165, 1.54) is 0 Å². The first-order valence-corrected chi connectivity index (χ1v) is 9.84. The molecule has 140 valence electrons. The van der Waals surface area contributed by atoms with Crippen LogP contribution in [0.1, 0.15) is 19.8 Å². The van der Waals surface area contributed by atoms with Gasteiger partial charge in [-0.3, -0.25) is 4.99 Å². The fraction of sp³-hybridized carbons (Fsp3) is 0.733. The summed E-state index contributed by atoms with van der Waals surface area (Å²) in [6.07, 6.45) is 3.84. The standard InChI is InChI=1S/C15H28N4O2S2.HI/c1-3-16-14(17-6-4-9-21-11-10-20-2)18-7-5-12-22-15-19-8-13-23-15;/h8,13H,3-7,9-12H2,1-2H3,(H2,16,17,18);1H. The molecule has 0 unspecified atom stereocenters. The molecule has 1 aromatic rings. The van der Waals surface area contributed by atoms with Gasteiger partial charge in [0.05, 0.1) is 13.2 Å². The number of methoxy groups -OCH3 is 1. The summed E-state index contributed by atoms with van der Waals surface area (Å²) in [7, 11) is 1.68. The third kappa shape index (κ3) is 13.2. The van der Waals surface area contributed by atoms with Gasteiger partial charge >= 0.3 is 0 Å². The molecule has 24 heavy (non-hydrogen) atoms. The van der Waals surface area contributed by atoms with Crippen molar-refractivity contribution in [2.24, 2.45) is 4.99 Å². The van der Waals surface area contributed by atoms with Crippen molar-refractivity contribution in [3.63, 3.8) is 0 Å². The smallest absolute Gasteiger partial charge is 0.191 e. The highest BCUT2D eigenvalue weighted by Gasteiger charge is 1.98. The zero-order valence-corrected chi connectivity index (χ0v) is 18.4. The molecule has 0 spiro atoms. The van der Waals surface area contributed by atoms with Crippen LogP contribution in [0.25, 0.3) is 0 Å². The largest absolute Gasteiger partial charge is 0.382 e. The molecule has 0 saturated heterocycles. The van der Waals surface area contributed by atoms with Crippen LogP contribution in [-0.4, -0.2) is 63.3 Å². The first-order valence-electron chi connectivity index (χ1n) is 7.98. The second kappa shape index (κ2) is 17.7. The van der Waals surface area contributed by atoms with Gasteiger partial charge in [-0.2, -0.15) is 0 Å². The van der Waals surface area contributed by atoms with E-state index in [1.807, 2.05) is 11.6 Å². The summed E-state index contributed by atoms with van der Waals surface area (Å²) >= 11 is 3.48. The molecule has 0 amide bonds. The van der Waals surface area contributed by atoms with Gasteiger partial charge in [0.25, 0.3) is 0 Å². The number of thioether (sulfide) groups is 1. The molecule has 0 aromatic carbocycles. The van der Waals surface area contributed by atoms with E-state index in [1.54, 1.807) is 30.2 Å². The van der Waals surface area contributed by atoms with Crippen molar-refractivity contribution in [3.05, 3.63) is 11.6 Å². The molecular formula is C15H29IN4O2S2. The predicted molar refractivity (Wildman–Crippen MR) is 114 cm³/mol. The minimum absolute atomic E-state index is 0. The third-order valence-electron chi connectivity index (χ3n) is 2.74. The summed E-state index contributed by atoms with van der Waals surface area (Å²) < 4.78 is 11.5. The van der Waals surface area contributed by atoms with Crippen LogP contribution in [0.15, 0.2) is 20.9 Å². The van der Waals surface area contributed by atoms with Gasteiger partial charge in [-0.1, -0.05) is 11.8 Å². The minimum Gasteiger partial charge on any atom is -0.382 e. The predicted octanol–water partition coefficient (Wildman–Crippen LogP) is 2.85. The normalized spacial score (nSPS) is 11.2. The number of rotatable bonds is 13. The molecule has 1 rings (SSSR count). The Bertz CT molecular complexity index is 408. The molecule has 0 radical (unpaired) electrons. The summed E-state index contributed by atoms with van der Waals surface area (Å²) in [6.45, 7) is 6.65. The van der Waals surface area contributed by atoms with Gasteiger partial charge in [-0.25, -0.2) is 4.98 Å². The molecule has 0 aliphatic carbocycles. The number of aliphatic imine (C=N–C) groups is 1. The molecule has 0 bridgehead atoms. The molecule has 1 heterocycles. The fourth-order valence-corrected chi connectivity index (χ4v) is 3.30. The van der Waals surface area contributed by atoms with E-state index < -0.39 is 0 Å². The van der Waals surface area contributed by atoms with Crippen LogP contribution < -0.4 is 10.6 Å². The van der Waals surface area contributed by atoms with Crippen molar-refractivity contribution < 1.29 is 9.47 Å². The van der Waals surface area contributed by atoms with Gasteiger partial charge in [0.1, 0.15) is 4.34 Å². The van der Waals surface area contributed by atoms with Crippen molar-refractivity contribution >= 4 is 53.0 Å². The molecule has 2 N–H and O–H groups in total. The molecule has 1 aromatic heterocycles. The molecule has 0 aliphatic rings. The van der Waals surface area contributed by atoms with Crippen LogP contribution in [0.5, 0.6) is 0 Å². The van der Waals surface area contributed by atoms with Crippen molar-refractivity contribution in [2.75, 3.05) is 52.3 Å². The summed E-state index contributed by atoms with van der Waals surface area (Å²) in [6, 6.07) is 0. The van der Waals surface area contributed by atoms with Crippen molar-refractivity contribution in [2.45, 2.75) is 24.1 Å². The number of halogens is 1. The topological polar surface area (TPSA) is 67.8 Å². The Morgan fingerprint density at radius 1 is 1.29 bits per heavy atom. The molecule has 6 nitrogen and oxygen atoms in total. The Morgan fingerprint density at radius 2 is 2.17 bits per heavy atom. The molecular weight excluding hydrogens is 459 g/mol. The van der Waals surface area contributed by atoms with Crippen LogP contribution in [0, 0.1) is 0 Å². The van der Waals surface area contributed by atoms with E-state index in [0.29, 0.717) is 13.2 Å². The van der Waals surface area contributed by atoms with E-state index in [4.69, 9.17) is 9.47 Å². The zero-order chi connectivity index (χ0) is 16.6. The Hall–Kier alpha value is -0.100. The molecule has 9 heteroatoms. The van der Waals surface area contributed by atoms with E-state index in [9.17, 15) is 0 Å². The van der Waals surface area contributed by atoms with Crippen molar-refractivity contribution in [1.29, 1.82) is 0 Å². The first-order chi connectivity index (χ1) is 11.4. The lowest BCUT2D eigenvalue weighted by molar-refractivity contribution is 0.0698. The second-order valence-electron chi connectivity index (χ2n) is 4.65. The Morgan fingerprint density at radius 3 is 2.88 bits per heavy atom. The molecule has 0 atom stereocenters.